The summed E-state index contributed by atoms with van der Waals surface area (Å²) < 4.78 is 0. The third-order valence-corrected chi connectivity index (χ3v) is 3.16. The molecule has 0 bridgehead atoms. The predicted molar refractivity (Wildman–Crippen MR) is 62.7 cm³/mol. The van der Waals surface area contributed by atoms with Gasteiger partial charge in [0.1, 0.15) is 0 Å². The first kappa shape index (κ1) is 11.1. The molecule has 86 valence electrons. The molecular formula is C13H17NO2. The lowest BCUT2D eigenvalue weighted by molar-refractivity contribution is 0.0696. The van der Waals surface area contributed by atoms with Crippen LogP contribution in [0.15, 0.2) is 24.3 Å². The summed E-state index contributed by atoms with van der Waals surface area (Å²) in [6.07, 6.45) is 3.39. The van der Waals surface area contributed by atoms with Gasteiger partial charge in [0.2, 0.25) is 0 Å². The molecule has 0 radical (unpaired) electrons. The Morgan fingerprint density at radius 2 is 2.12 bits per heavy atom. The molecule has 16 heavy (non-hydrogen) atoms. The van der Waals surface area contributed by atoms with Crippen LogP contribution in [0.4, 0.5) is 0 Å². The average molecular weight is 219 g/mol. The second-order valence-corrected chi connectivity index (χ2v) is 4.40. The van der Waals surface area contributed by atoms with E-state index in [1.807, 2.05) is 12.1 Å². The summed E-state index contributed by atoms with van der Waals surface area (Å²) in [6.45, 7) is 2.17. The monoisotopic (exact) mass is 219 g/mol. The molecule has 1 aromatic rings. The maximum absolute atomic E-state index is 10.8. The molecule has 2 rings (SSSR count). The van der Waals surface area contributed by atoms with Crippen LogP contribution < -0.4 is 5.32 Å². The molecule has 0 atom stereocenters. The zero-order valence-corrected chi connectivity index (χ0v) is 9.28. The molecule has 0 unspecified atom stereocenters. The van der Waals surface area contributed by atoms with Crippen LogP contribution in [0.25, 0.3) is 0 Å². The van der Waals surface area contributed by atoms with Gasteiger partial charge in [0.25, 0.3) is 0 Å². The molecule has 0 spiro atoms. The Kier molecular flexibility index (Phi) is 3.57. The molecule has 1 aliphatic rings. The van der Waals surface area contributed by atoms with Gasteiger partial charge in [-0.3, -0.25) is 0 Å². The first-order valence-corrected chi connectivity index (χ1v) is 5.78. The summed E-state index contributed by atoms with van der Waals surface area (Å²) in [7, 11) is 0. The normalized spacial score (nSPS) is 17.2. The molecule has 3 heteroatoms. The van der Waals surface area contributed by atoms with Gasteiger partial charge in [-0.2, -0.15) is 0 Å². The molecule has 1 fully saturated rings. The zero-order chi connectivity index (χ0) is 11.4. The molecule has 1 aromatic carbocycles. The molecule has 1 saturated heterocycles. The maximum atomic E-state index is 10.8. The smallest absolute Gasteiger partial charge is 0.335 e. The van der Waals surface area contributed by atoms with E-state index in [0.717, 1.165) is 25.1 Å². The van der Waals surface area contributed by atoms with E-state index in [9.17, 15) is 4.79 Å². The summed E-state index contributed by atoms with van der Waals surface area (Å²) >= 11 is 0. The fourth-order valence-corrected chi connectivity index (χ4v) is 2.25. The number of piperidine rings is 1. The number of rotatable bonds is 3. The van der Waals surface area contributed by atoms with Gasteiger partial charge < -0.3 is 10.4 Å². The minimum atomic E-state index is -0.841. The molecule has 0 saturated carbocycles. The lowest BCUT2D eigenvalue weighted by Crippen LogP contribution is -2.28. The van der Waals surface area contributed by atoms with Crippen LogP contribution in [0.1, 0.15) is 28.8 Å². The first-order valence-electron chi connectivity index (χ1n) is 5.78. The van der Waals surface area contributed by atoms with E-state index in [-0.39, 0.29) is 0 Å². The van der Waals surface area contributed by atoms with Crippen molar-refractivity contribution in [2.75, 3.05) is 13.1 Å². The molecule has 0 aliphatic carbocycles. The second-order valence-electron chi connectivity index (χ2n) is 4.40. The number of carboxylic acid groups (broad SMARTS) is 1. The van der Waals surface area contributed by atoms with Crippen molar-refractivity contribution in [1.82, 2.24) is 5.32 Å². The van der Waals surface area contributed by atoms with Crippen molar-refractivity contribution in [2.24, 2.45) is 5.92 Å². The topological polar surface area (TPSA) is 49.3 Å². The molecular weight excluding hydrogens is 202 g/mol. The van der Waals surface area contributed by atoms with E-state index in [1.54, 1.807) is 12.1 Å². The second kappa shape index (κ2) is 5.12. The molecule has 0 aromatic heterocycles. The standard InChI is InChI=1S/C13H17NO2/c15-13(16)12-3-1-2-11(9-12)8-10-4-6-14-7-5-10/h1-3,9-10,14H,4-8H2,(H,15,16). The Labute approximate surface area is 95.5 Å². The van der Waals surface area contributed by atoms with E-state index in [4.69, 9.17) is 5.11 Å². The third-order valence-electron chi connectivity index (χ3n) is 3.16. The van der Waals surface area contributed by atoms with Crippen molar-refractivity contribution >= 4 is 5.97 Å². The van der Waals surface area contributed by atoms with Crippen molar-refractivity contribution in [3.8, 4) is 0 Å². The summed E-state index contributed by atoms with van der Waals surface area (Å²) in [6, 6.07) is 7.30. The Balaban J connectivity index is 2.02. The number of hydrogen-bond acceptors (Lipinski definition) is 2. The van der Waals surface area contributed by atoms with Crippen LogP contribution in [0, 0.1) is 5.92 Å². The highest BCUT2D eigenvalue weighted by Crippen LogP contribution is 2.18. The number of carboxylic acids is 1. The molecule has 3 nitrogen and oxygen atoms in total. The lowest BCUT2D eigenvalue weighted by Gasteiger charge is -2.22. The van der Waals surface area contributed by atoms with Gasteiger partial charge in [-0.25, -0.2) is 4.79 Å². The van der Waals surface area contributed by atoms with Crippen molar-refractivity contribution in [2.45, 2.75) is 19.3 Å². The van der Waals surface area contributed by atoms with Crippen molar-refractivity contribution < 1.29 is 9.90 Å². The van der Waals surface area contributed by atoms with Gasteiger partial charge in [-0.1, -0.05) is 12.1 Å². The molecule has 1 heterocycles. The van der Waals surface area contributed by atoms with E-state index in [0.29, 0.717) is 11.5 Å². The number of nitrogens with one attached hydrogen (secondary N) is 1. The first-order chi connectivity index (χ1) is 7.75. The Morgan fingerprint density at radius 1 is 1.38 bits per heavy atom. The molecule has 0 amide bonds. The van der Waals surface area contributed by atoms with Crippen LogP contribution in [-0.4, -0.2) is 24.2 Å². The van der Waals surface area contributed by atoms with Crippen LogP contribution in [0.5, 0.6) is 0 Å². The highest BCUT2D eigenvalue weighted by molar-refractivity contribution is 5.87. The number of benzene rings is 1. The highest BCUT2D eigenvalue weighted by Gasteiger charge is 2.14. The summed E-state index contributed by atoms with van der Waals surface area (Å²) in [5, 5.41) is 12.2. The van der Waals surface area contributed by atoms with Crippen molar-refractivity contribution in [3.05, 3.63) is 35.4 Å². The maximum Gasteiger partial charge on any atom is 0.335 e. The Morgan fingerprint density at radius 3 is 2.81 bits per heavy atom. The van der Waals surface area contributed by atoms with Crippen LogP contribution in [-0.2, 0) is 6.42 Å². The minimum Gasteiger partial charge on any atom is -0.478 e. The largest absolute Gasteiger partial charge is 0.478 e. The van der Waals surface area contributed by atoms with E-state index < -0.39 is 5.97 Å². The zero-order valence-electron chi connectivity index (χ0n) is 9.28. The fourth-order valence-electron chi connectivity index (χ4n) is 2.25. The third kappa shape index (κ3) is 2.83. The van der Waals surface area contributed by atoms with Gasteiger partial charge in [0.05, 0.1) is 5.56 Å². The van der Waals surface area contributed by atoms with E-state index >= 15 is 0 Å². The quantitative estimate of drug-likeness (QED) is 0.816. The van der Waals surface area contributed by atoms with Crippen LogP contribution >= 0.6 is 0 Å². The number of hydrogen-bond donors (Lipinski definition) is 2. The van der Waals surface area contributed by atoms with E-state index in [1.165, 1.54) is 12.8 Å². The molecule has 2 N–H and O–H groups in total. The lowest BCUT2D eigenvalue weighted by atomic mass is 9.90. The van der Waals surface area contributed by atoms with Crippen LogP contribution in [0.2, 0.25) is 0 Å². The minimum absolute atomic E-state index is 0.395. The highest BCUT2D eigenvalue weighted by atomic mass is 16.4. The van der Waals surface area contributed by atoms with Crippen molar-refractivity contribution in [3.63, 3.8) is 0 Å². The van der Waals surface area contributed by atoms with Crippen molar-refractivity contribution in [1.29, 1.82) is 0 Å². The number of carbonyl (C=O) groups is 1. The van der Waals surface area contributed by atoms with Gasteiger partial charge in [0.15, 0.2) is 0 Å². The number of aromatic carboxylic acids is 1. The Hall–Kier alpha value is -1.35. The van der Waals surface area contributed by atoms with Crippen LogP contribution in [0.3, 0.4) is 0 Å². The SMILES string of the molecule is O=C(O)c1cccc(CC2CCNCC2)c1. The van der Waals surface area contributed by atoms with E-state index in [2.05, 4.69) is 5.32 Å². The summed E-state index contributed by atoms with van der Waals surface area (Å²) in [5.41, 5.74) is 1.54. The van der Waals surface area contributed by atoms with Gasteiger partial charge in [-0.05, 0) is 56.0 Å². The molecule has 1 aliphatic heterocycles. The van der Waals surface area contributed by atoms with Gasteiger partial charge in [0, 0.05) is 0 Å². The summed E-state index contributed by atoms with van der Waals surface area (Å²) in [4.78, 5) is 10.8. The van der Waals surface area contributed by atoms with Gasteiger partial charge >= 0.3 is 5.97 Å². The fraction of sp³-hybridized carbons (Fsp3) is 0.462. The van der Waals surface area contributed by atoms with Gasteiger partial charge in [-0.15, -0.1) is 0 Å². The summed E-state index contributed by atoms with van der Waals surface area (Å²) in [5.74, 6) is -0.141. The average Bonchev–Trinajstić information content (AvgIpc) is 2.30. The Bertz CT molecular complexity index is 370. The predicted octanol–water partition coefficient (Wildman–Crippen LogP) is 1.93.